The zero-order valence-electron chi connectivity index (χ0n) is 12.4. The monoisotopic (exact) mass is 310 g/mol. The van der Waals surface area contributed by atoms with Gasteiger partial charge < -0.3 is 4.90 Å². The third kappa shape index (κ3) is 3.43. The van der Waals surface area contributed by atoms with Gasteiger partial charge in [0, 0.05) is 33.3 Å². The first-order valence-corrected chi connectivity index (χ1v) is 6.55. The lowest BCUT2D eigenvalue weighted by Crippen LogP contribution is -2.24. The summed E-state index contributed by atoms with van der Waals surface area (Å²) in [6.45, 7) is 1.55. The number of allylic oxidation sites excluding steroid dienone is 2. The molecule has 1 aliphatic rings. The van der Waals surface area contributed by atoms with Gasteiger partial charge in [0.2, 0.25) is 0 Å². The molecule has 7 heteroatoms. The van der Waals surface area contributed by atoms with E-state index in [-0.39, 0.29) is 23.7 Å². The maximum Gasteiger partial charge on any atom is 0.413 e. The molecule has 0 unspecified atom stereocenters. The van der Waals surface area contributed by atoms with E-state index in [9.17, 15) is 18.0 Å². The van der Waals surface area contributed by atoms with Gasteiger partial charge in [0.1, 0.15) is 5.69 Å². The summed E-state index contributed by atoms with van der Waals surface area (Å²) < 4.78 is 42.9. The predicted molar refractivity (Wildman–Crippen MR) is 77.9 cm³/mol. The highest BCUT2D eigenvalue weighted by Crippen LogP contribution is 2.29. The van der Waals surface area contributed by atoms with E-state index in [1.807, 2.05) is 0 Å². The van der Waals surface area contributed by atoms with E-state index < -0.39 is 11.7 Å². The average molecular weight is 310 g/mol. The number of amides is 1. The topological polar surface area (TPSA) is 47.3 Å². The summed E-state index contributed by atoms with van der Waals surface area (Å²) in [4.78, 5) is 17.2. The van der Waals surface area contributed by atoms with Crippen molar-refractivity contribution in [2.24, 2.45) is 0 Å². The van der Waals surface area contributed by atoms with Crippen LogP contribution in [0.2, 0.25) is 0 Å². The molecular formula is C15H15F3N3O+. The first kappa shape index (κ1) is 16.0. The molecule has 116 valence electrons. The third-order valence-electron chi connectivity index (χ3n) is 3.11. The summed E-state index contributed by atoms with van der Waals surface area (Å²) in [6.07, 6.45) is -2.20. The van der Waals surface area contributed by atoms with E-state index in [4.69, 9.17) is 0 Å². The second-order valence-electron chi connectivity index (χ2n) is 5.21. The Hall–Kier alpha value is -2.40. The summed E-state index contributed by atoms with van der Waals surface area (Å²) in [5.74, 6) is -0.320. The fourth-order valence-corrected chi connectivity index (χ4v) is 2.03. The van der Waals surface area contributed by atoms with Crippen LogP contribution in [0.5, 0.6) is 0 Å². The Morgan fingerprint density at radius 1 is 1.36 bits per heavy atom. The molecule has 0 saturated heterocycles. The van der Waals surface area contributed by atoms with Crippen molar-refractivity contribution in [1.82, 2.24) is 14.6 Å². The Bertz CT molecular complexity index is 711. The van der Waals surface area contributed by atoms with Crippen molar-refractivity contribution >= 4 is 17.3 Å². The van der Waals surface area contributed by atoms with Crippen molar-refractivity contribution in [1.29, 1.82) is 0 Å². The lowest BCUT2D eigenvalue weighted by atomic mass is 10.0. The maximum atomic E-state index is 12.9. The highest BCUT2D eigenvalue weighted by atomic mass is 19.4. The molecule has 2 heterocycles. The van der Waals surface area contributed by atoms with Crippen molar-refractivity contribution in [2.45, 2.75) is 19.5 Å². The van der Waals surface area contributed by atoms with Gasteiger partial charge in [-0.1, -0.05) is 4.67 Å². The third-order valence-corrected chi connectivity index (χ3v) is 3.11. The molecule has 0 fully saturated rings. The zero-order chi connectivity index (χ0) is 16.5. The van der Waals surface area contributed by atoms with Crippen molar-refractivity contribution in [3.05, 3.63) is 41.2 Å². The molecule has 1 amide bonds. The summed E-state index contributed by atoms with van der Waals surface area (Å²) in [5.41, 5.74) is 0.511. The van der Waals surface area contributed by atoms with Gasteiger partial charge in [-0.3, -0.25) is 9.78 Å². The van der Waals surface area contributed by atoms with Crippen LogP contribution < -0.4 is 4.67 Å². The number of halogens is 3. The Kier molecular flexibility index (Phi) is 4.19. The van der Waals surface area contributed by atoms with Crippen LogP contribution in [0, 0.1) is 0 Å². The predicted octanol–water partition coefficient (Wildman–Crippen LogP) is 1.99. The van der Waals surface area contributed by atoms with Gasteiger partial charge in [-0.05, 0) is 12.1 Å². The number of carbonyl (C=O) groups excluding carboxylic acids is 1. The molecule has 0 bridgehead atoms. The quantitative estimate of drug-likeness (QED) is 0.784. The molecule has 22 heavy (non-hydrogen) atoms. The Labute approximate surface area is 125 Å². The van der Waals surface area contributed by atoms with E-state index in [0.717, 1.165) is 6.08 Å². The van der Waals surface area contributed by atoms with E-state index in [0.29, 0.717) is 11.3 Å². The Balaban J connectivity index is 2.47. The number of hydrogen-bond donors (Lipinski definition) is 0. The molecule has 4 nitrogen and oxygen atoms in total. The molecule has 0 spiro atoms. The second kappa shape index (κ2) is 5.77. The molecule has 0 aliphatic carbocycles. The van der Waals surface area contributed by atoms with Crippen LogP contribution in [-0.2, 0) is 0 Å². The molecule has 0 aromatic carbocycles. The van der Waals surface area contributed by atoms with Gasteiger partial charge in [-0.15, -0.1) is 0 Å². The van der Waals surface area contributed by atoms with Crippen LogP contribution in [0.3, 0.4) is 0 Å². The van der Waals surface area contributed by atoms with Crippen molar-refractivity contribution in [2.75, 3.05) is 14.1 Å². The first-order valence-electron chi connectivity index (χ1n) is 6.55. The second-order valence-corrected chi connectivity index (χ2v) is 5.21. The van der Waals surface area contributed by atoms with Crippen LogP contribution in [0.25, 0.3) is 0 Å². The number of aromatic nitrogens is 1. The smallest absolute Gasteiger partial charge is 0.343 e. The number of hydrogen-bond acceptors (Lipinski definition) is 2. The fourth-order valence-electron chi connectivity index (χ4n) is 2.03. The molecule has 0 atom stereocenters. The number of alkyl halides is 3. The summed E-state index contributed by atoms with van der Waals surface area (Å²) in [7, 11) is 3.16. The summed E-state index contributed by atoms with van der Waals surface area (Å²) in [5, 5.41) is 0. The van der Waals surface area contributed by atoms with Gasteiger partial charge in [0.05, 0.1) is 17.6 Å². The van der Waals surface area contributed by atoms with Crippen LogP contribution in [0.4, 0.5) is 13.2 Å². The zero-order valence-corrected chi connectivity index (χ0v) is 12.4. The number of rotatable bonds is 2. The normalized spacial score (nSPS) is 14.9. The maximum absolute atomic E-state index is 12.9. The van der Waals surface area contributed by atoms with E-state index in [2.05, 4.69) is 9.65 Å². The number of carbonyl (C=O) groups is 1. The molecule has 0 radical (unpaired) electrons. The average Bonchev–Trinajstić information content (AvgIpc) is 2.45. The molecular weight excluding hydrogens is 295 g/mol. The fraction of sp³-hybridized carbons (Fsp3) is 0.333. The molecule has 0 saturated carbocycles. The van der Waals surface area contributed by atoms with Crippen LogP contribution in [0.15, 0.2) is 30.0 Å². The molecule has 0 N–H and O–H groups in total. The van der Waals surface area contributed by atoms with Crippen LogP contribution in [0.1, 0.15) is 29.4 Å². The van der Waals surface area contributed by atoms with Crippen LogP contribution >= 0.6 is 0 Å². The minimum absolute atomic E-state index is 0.162. The summed E-state index contributed by atoms with van der Waals surface area (Å²) in [6, 6.07) is 2.98. The summed E-state index contributed by atoms with van der Waals surface area (Å²) >= 11 is 0. The van der Waals surface area contributed by atoms with Gasteiger partial charge >= 0.3 is 11.9 Å². The van der Waals surface area contributed by atoms with Crippen molar-refractivity contribution < 1.29 is 18.0 Å². The lowest BCUT2D eigenvalue weighted by Gasteiger charge is -2.11. The Morgan fingerprint density at radius 2 is 2.05 bits per heavy atom. The number of nitrogens with zero attached hydrogens (tertiary/aromatic N) is 3. The SMILES string of the molecule is CC1=[N+]=C(c2ccnc(C(=O)N(C)C)c2)C=C(C(F)(F)F)C1. The van der Waals surface area contributed by atoms with E-state index >= 15 is 0 Å². The van der Waals surface area contributed by atoms with E-state index in [1.54, 1.807) is 21.0 Å². The minimum atomic E-state index is -4.39. The standard InChI is InChI=1S/C15H15F3N3O/c1-9-6-11(15(16,17)18)8-12(20-9)10-4-5-19-13(7-10)14(22)21(2)3/h4-5,7-8H,6H2,1-3H3/q+1. The highest BCUT2D eigenvalue weighted by Gasteiger charge is 2.38. The van der Waals surface area contributed by atoms with E-state index in [1.165, 1.54) is 23.2 Å². The Morgan fingerprint density at radius 3 is 2.64 bits per heavy atom. The van der Waals surface area contributed by atoms with Crippen molar-refractivity contribution in [3.63, 3.8) is 0 Å². The van der Waals surface area contributed by atoms with Gasteiger partial charge in [0.15, 0.2) is 0 Å². The lowest BCUT2D eigenvalue weighted by molar-refractivity contribution is -0.0924. The van der Waals surface area contributed by atoms with Crippen LogP contribution in [-0.4, -0.2) is 47.5 Å². The first-order chi connectivity index (χ1) is 10.2. The molecule has 1 aromatic rings. The van der Waals surface area contributed by atoms with Crippen molar-refractivity contribution in [3.8, 4) is 0 Å². The number of pyridine rings is 1. The highest BCUT2D eigenvalue weighted by molar-refractivity contribution is 6.13. The van der Waals surface area contributed by atoms with Gasteiger partial charge in [-0.2, -0.15) is 13.2 Å². The minimum Gasteiger partial charge on any atom is -0.343 e. The molecule has 1 aliphatic heterocycles. The molecule has 1 aromatic heterocycles. The largest absolute Gasteiger partial charge is 0.413 e. The van der Waals surface area contributed by atoms with Gasteiger partial charge in [0.25, 0.3) is 11.6 Å². The molecule has 2 rings (SSSR count). The van der Waals surface area contributed by atoms with Gasteiger partial charge in [-0.25, -0.2) is 0 Å².